The topological polar surface area (TPSA) is 26.0 Å². The third kappa shape index (κ3) is 1.98. The van der Waals surface area contributed by atoms with Gasteiger partial charge in [0.25, 0.3) is 0 Å². The minimum atomic E-state index is -1.01. The number of nitrogen functional groups attached to an aromatic ring is 1. The monoisotopic (exact) mass is 237 g/mol. The van der Waals surface area contributed by atoms with Crippen molar-refractivity contribution in [1.29, 1.82) is 0 Å². The molecule has 0 spiro atoms. The largest absolute Gasteiger partial charge is 0.398 e. The quantitative estimate of drug-likeness (QED) is 0.752. The lowest BCUT2D eigenvalue weighted by atomic mass is 10.0. The first-order valence-corrected chi connectivity index (χ1v) is 5.00. The lowest BCUT2D eigenvalue weighted by Gasteiger charge is -2.09. The van der Waals surface area contributed by atoms with Crippen LogP contribution in [0.25, 0.3) is 11.1 Å². The van der Waals surface area contributed by atoms with E-state index in [4.69, 9.17) is 5.73 Å². The van der Waals surface area contributed by atoms with Crippen molar-refractivity contribution in [2.45, 2.75) is 6.92 Å². The van der Waals surface area contributed by atoms with Gasteiger partial charge in [0, 0.05) is 16.8 Å². The molecule has 0 saturated heterocycles. The molecular weight excluding hydrogens is 227 g/mol. The molecule has 2 rings (SSSR count). The molecule has 0 heterocycles. The van der Waals surface area contributed by atoms with E-state index in [1.54, 1.807) is 0 Å². The molecule has 0 fully saturated rings. The highest BCUT2D eigenvalue weighted by Crippen LogP contribution is 2.30. The summed E-state index contributed by atoms with van der Waals surface area (Å²) in [6.07, 6.45) is 0. The summed E-state index contributed by atoms with van der Waals surface area (Å²) in [4.78, 5) is 0. The maximum absolute atomic E-state index is 13.7. The molecule has 2 N–H and O–H groups in total. The van der Waals surface area contributed by atoms with Crippen LogP contribution < -0.4 is 5.73 Å². The van der Waals surface area contributed by atoms with Gasteiger partial charge >= 0.3 is 0 Å². The maximum Gasteiger partial charge on any atom is 0.166 e. The molecule has 0 atom stereocenters. The van der Waals surface area contributed by atoms with Crippen LogP contribution in [0.3, 0.4) is 0 Å². The first kappa shape index (κ1) is 11.5. The Hall–Kier alpha value is -1.97. The first-order chi connectivity index (χ1) is 8.00. The van der Waals surface area contributed by atoms with Crippen LogP contribution in [-0.2, 0) is 0 Å². The average molecular weight is 237 g/mol. The van der Waals surface area contributed by atoms with Gasteiger partial charge in [-0.15, -0.1) is 0 Å². The van der Waals surface area contributed by atoms with Gasteiger partial charge in [0.2, 0.25) is 0 Å². The highest BCUT2D eigenvalue weighted by atomic mass is 19.2. The minimum absolute atomic E-state index is 0.0369. The van der Waals surface area contributed by atoms with Crippen molar-refractivity contribution in [3.63, 3.8) is 0 Å². The van der Waals surface area contributed by atoms with Crippen LogP contribution in [0.5, 0.6) is 0 Å². The Bertz CT molecular complexity index is 579. The fraction of sp³-hybridized carbons (Fsp3) is 0.0769. The summed E-state index contributed by atoms with van der Waals surface area (Å²) in [6.45, 7) is 1.46. The second-order valence-electron chi connectivity index (χ2n) is 3.79. The van der Waals surface area contributed by atoms with Crippen molar-refractivity contribution in [3.8, 4) is 11.1 Å². The van der Waals surface area contributed by atoms with Gasteiger partial charge < -0.3 is 5.73 Å². The van der Waals surface area contributed by atoms with Crippen molar-refractivity contribution in [2.75, 3.05) is 5.73 Å². The average Bonchev–Trinajstić information content (AvgIpc) is 2.30. The van der Waals surface area contributed by atoms with E-state index in [2.05, 4.69) is 0 Å². The van der Waals surface area contributed by atoms with E-state index < -0.39 is 17.5 Å². The smallest absolute Gasteiger partial charge is 0.166 e. The second kappa shape index (κ2) is 4.13. The van der Waals surface area contributed by atoms with E-state index >= 15 is 0 Å². The number of nitrogens with two attached hydrogens (primary N) is 1. The number of halogens is 3. The standard InChI is InChI=1S/C13H10F3N/c1-7-2-4-9(13(16)12(7)15)10-6-8(14)3-5-11(10)17/h2-6H,17H2,1H3. The van der Waals surface area contributed by atoms with Crippen LogP contribution >= 0.6 is 0 Å². The summed E-state index contributed by atoms with van der Waals surface area (Å²) >= 11 is 0. The lowest BCUT2D eigenvalue weighted by molar-refractivity contribution is 0.505. The van der Waals surface area contributed by atoms with Crippen molar-refractivity contribution in [3.05, 3.63) is 53.3 Å². The van der Waals surface area contributed by atoms with E-state index in [0.29, 0.717) is 0 Å². The molecule has 0 bridgehead atoms. The maximum atomic E-state index is 13.7. The van der Waals surface area contributed by atoms with Crippen molar-refractivity contribution in [2.24, 2.45) is 0 Å². The van der Waals surface area contributed by atoms with Crippen LogP contribution in [0.15, 0.2) is 30.3 Å². The Morgan fingerprint density at radius 2 is 1.59 bits per heavy atom. The Labute approximate surface area is 96.7 Å². The number of aryl methyl sites for hydroxylation is 1. The Morgan fingerprint density at radius 3 is 2.29 bits per heavy atom. The van der Waals surface area contributed by atoms with Gasteiger partial charge in [-0.1, -0.05) is 12.1 Å². The number of hydrogen-bond donors (Lipinski definition) is 1. The van der Waals surface area contributed by atoms with Gasteiger partial charge in [0.15, 0.2) is 11.6 Å². The normalized spacial score (nSPS) is 10.6. The molecule has 1 nitrogen and oxygen atoms in total. The molecule has 0 unspecified atom stereocenters. The number of benzene rings is 2. The van der Waals surface area contributed by atoms with Crippen LogP contribution in [0, 0.1) is 24.4 Å². The van der Waals surface area contributed by atoms with Gasteiger partial charge in [-0.3, -0.25) is 0 Å². The predicted molar refractivity (Wildman–Crippen MR) is 60.9 cm³/mol. The Balaban J connectivity index is 2.69. The highest BCUT2D eigenvalue weighted by molar-refractivity contribution is 5.76. The molecule has 0 radical (unpaired) electrons. The number of hydrogen-bond acceptors (Lipinski definition) is 1. The van der Waals surface area contributed by atoms with E-state index in [9.17, 15) is 13.2 Å². The molecule has 0 amide bonds. The summed E-state index contributed by atoms with van der Waals surface area (Å²) in [5, 5.41) is 0. The molecule has 0 saturated carbocycles. The van der Waals surface area contributed by atoms with E-state index in [-0.39, 0.29) is 22.4 Å². The Morgan fingerprint density at radius 1 is 0.882 bits per heavy atom. The molecule has 0 aliphatic heterocycles. The molecule has 0 aromatic heterocycles. The third-order valence-corrected chi connectivity index (χ3v) is 2.58. The van der Waals surface area contributed by atoms with Gasteiger partial charge in [0.1, 0.15) is 5.82 Å². The van der Waals surface area contributed by atoms with Gasteiger partial charge in [-0.25, -0.2) is 13.2 Å². The molecule has 0 aliphatic carbocycles. The molecule has 4 heteroatoms. The SMILES string of the molecule is Cc1ccc(-c2cc(F)ccc2N)c(F)c1F. The molecule has 2 aromatic carbocycles. The van der Waals surface area contributed by atoms with Gasteiger partial charge in [-0.05, 0) is 30.7 Å². The number of rotatable bonds is 1. The van der Waals surface area contributed by atoms with Crippen LogP contribution in [0.1, 0.15) is 5.56 Å². The molecule has 2 aromatic rings. The summed E-state index contributed by atoms with van der Waals surface area (Å²) in [5.74, 6) is -2.50. The Kier molecular flexibility index (Phi) is 2.79. The zero-order valence-corrected chi connectivity index (χ0v) is 9.10. The van der Waals surface area contributed by atoms with Crippen molar-refractivity contribution < 1.29 is 13.2 Å². The first-order valence-electron chi connectivity index (χ1n) is 5.00. The molecule has 88 valence electrons. The van der Waals surface area contributed by atoms with E-state index in [0.717, 1.165) is 6.07 Å². The van der Waals surface area contributed by atoms with Crippen molar-refractivity contribution in [1.82, 2.24) is 0 Å². The zero-order valence-electron chi connectivity index (χ0n) is 9.10. The van der Waals surface area contributed by atoms with Crippen LogP contribution in [-0.4, -0.2) is 0 Å². The van der Waals surface area contributed by atoms with Crippen molar-refractivity contribution >= 4 is 5.69 Å². The second-order valence-corrected chi connectivity index (χ2v) is 3.79. The van der Waals surface area contributed by atoms with E-state index in [1.807, 2.05) is 0 Å². The fourth-order valence-electron chi connectivity index (χ4n) is 1.62. The zero-order chi connectivity index (χ0) is 12.6. The van der Waals surface area contributed by atoms with Crippen LogP contribution in [0.2, 0.25) is 0 Å². The minimum Gasteiger partial charge on any atom is -0.398 e. The summed E-state index contributed by atoms with van der Waals surface area (Å²) in [6, 6.07) is 6.39. The van der Waals surface area contributed by atoms with Gasteiger partial charge in [0.05, 0.1) is 0 Å². The summed E-state index contributed by atoms with van der Waals surface area (Å²) in [5.41, 5.74) is 6.14. The lowest BCUT2D eigenvalue weighted by Crippen LogP contribution is -1.97. The van der Waals surface area contributed by atoms with E-state index in [1.165, 1.54) is 31.2 Å². The molecular formula is C13H10F3N. The van der Waals surface area contributed by atoms with Crippen LogP contribution in [0.4, 0.5) is 18.9 Å². The molecule has 17 heavy (non-hydrogen) atoms. The summed E-state index contributed by atoms with van der Waals surface area (Å²) in [7, 11) is 0. The number of anilines is 1. The summed E-state index contributed by atoms with van der Waals surface area (Å²) < 4.78 is 40.2. The third-order valence-electron chi connectivity index (χ3n) is 2.58. The molecule has 0 aliphatic rings. The fourth-order valence-corrected chi connectivity index (χ4v) is 1.62. The van der Waals surface area contributed by atoms with Gasteiger partial charge in [-0.2, -0.15) is 0 Å². The predicted octanol–water partition coefficient (Wildman–Crippen LogP) is 3.66. The highest BCUT2D eigenvalue weighted by Gasteiger charge is 2.14.